The number of rotatable bonds is 10. The molecule has 0 spiro atoms. The summed E-state index contributed by atoms with van der Waals surface area (Å²) in [5, 5.41) is 6.68. The van der Waals surface area contributed by atoms with Crippen LogP contribution in [-0.4, -0.2) is 70.9 Å². The summed E-state index contributed by atoms with van der Waals surface area (Å²) in [5.41, 5.74) is 0. The Kier molecular flexibility index (Phi) is 9.53. The molecule has 0 atom stereocenters. The van der Waals surface area contributed by atoms with E-state index >= 15 is 0 Å². The number of sulfonamides is 1. The normalized spacial score (nSPS) is 16.4. The number of guanidine groups is 1. The quantitative estimate of drug-likeness (QED) is 0.337. The molecule has 0 aromatic heterocycles. The molecule has 1 fully saturated rings. The van der Waals surface area contributed by atoms with Gasteiger partial charge in [-0.2, -0.15) is 0 Å². The van der Waals surface area contributed by atoms with Crippen molar-refractivity contribution in [3.63, 3.8) is 0 Å². The van der Waals surface area contributed by atoms with Crippen LogP contribution in [0.25, 0.3) is 0 Å². The van der Waals surface area contributed by atoms with Crippen molar-refractivity contribution in [3.8, 4) is 11.5 Å². The van der Waals surface area contributed by atoms with Gasteiger partial charge in [-0.05, 0) is 37.8 Å². The predicted octanol–water partition coefficient (Wildman–Crippen LogP) is 1.83. The van der Waals surface area contributed by atoms with E-state index in [1.807, 2.05) is 31.2 Å². The van der Waals surface area contributed by atoms with Gasteiger partial charge in [-0.25, -0.2) is 12.7 Å². The molecule has 8 nitrogen and oxygen atoms in total. The molecule has 164 valence electrons. The highest BCUT2D eigenvalue weighted by Gasteiger charge is 2.27. The highest BCUT2D eigenvalue weighted by atomic mass is 32.2. The van der Waals surface area contributed by atoms with E-state index in [-0.39, 0.29) is 11.8 Å². The van der Waals surface area contributed by atoms with Gasteiger partial charge in [0.25, 0.3) is 0 Å². The molecule has 0 aliphatic carbocycles. The van der Waals surface area contributed by atoms with Crippen LogP contribution in [0.1, 0.15) is 32.6 Å². The highest BCUT2D eigenvalue weighted by molar-refractivity contribution is 7.89. The molecule has 1 saturated heterocycles. The Labute approximate surface area is 174 Å². The second kappa shape index (κ2) is 11.9. The SMILES string of the molecule is CCCS(=O)(=O)N1CCC(NC(=NC)NCCCOc2cccc(OC)c2)CC1. The molecule has 0 amide bonds. The third-order valence-corrected chi connectivity index (χ3v) is 6.87. The first-order valence-electron chi connectivity index (χ1n) is 10.2. The zero-order valence-corrected chi connectivity index (χ0v) is 18.5. The van der Waals surface area contributed by atoms with Gasteiger partial charge in [0.05, 0.1) is 19.5 Å². The Balaban J connectivity index is 1.65. The zero-order valence-electron chi connectivity index (χ0n) is 17.7. The largest absolute Gasteiger partial charge is 0.497 e. The van der Waals surface area contributed by atoms with E-state index in [0.717, 1.165) is 43.3 Å². The van der Waals surface area contributed by atoms with Gasteiger partial charge in [-0.15, -0.1) is 0 Å². The van der Waals surface area contributed by atoms with Crippen molar-refractivity contribution in [3.05, 3.63) is 24.3 Å². The molecule has 0 unspecified atom stereocenters. The lowest BCUT2D eigenvalue weighted by Crippen LogP contribution is -2.50. The standard InChI is InChI=1S/C20H34N4O4S/c1-4-15-29(25,26)24-12-9-17(10-13-24)23-20(21-2)22-11-6-14-28-19-8-5-7-18(16-19)27-3/h5,7-8,16-17H,4,6,9-15H2,1-3H3,(H2,21,22,23). The molecule has 1 aliphatic rings. The minimum absolute atomic E-state index is 0.224. The van der Waals surface area contributed by atoms with Crippen molar-refractivity contribution in [2.45, 2.75) is 38.6 Å². The van der Waals surface area contributed by atoms with Gasteiger partial charge in [0.2, 0.25) is 10.0 Å². The number of nitrogens with zero attached hydrogens (tertiary/aromatic N) is 2. The van der Waals surface area contributed by atoms with Gasteiger partial charge in [-0.3, -0.25) is 4.99 Å². The van der Waals surface area contributed by atoms with Crippen LogP contribution >= 0.6 is 0 Å². The van der Waals surface area contributed by atoms with Crippen molar-refractivity contribution < 1.29 is 17.9 Å². The maximum atomic E-state index is 12.2. The molecule has 1 aromatic rings. The average molecular weight is 427 g/mol. The Hall–Kier alpha value is -2.00. The molecular weight excluding hydrogens is 392 g/mol. The molecule has 0 bridgehead atoms. The summed E-state index contributed by atoms with van der Waals surface area (Å²) in [6.07, 6.45) is 3.04. The monoisotopic (exact) mass is 426 g/mol. The molecule has 1 heterocycles. The van der Waals surface area contributed by atoms with Crippen LogP contribution < -0.4 is 20.1 Å². The molecule has 1 aliphatic heterocycles. The van der Waals surface area contributed by atoms with E-state index in [9.17, 15) is 8.42 Å². The summed E-state index contributed by atoms with van der Waals surface area (Å²) < 4.78 is 36.9. The molecule has 1 aromatic carbocycles. The number of benzene rings is 1. The smallest absolute Gasteiger partial charge is 0.214 e. The van der Waals surface area contributed by atoms with Gasteiger partial charge in [-0.1, -0.05) is 13.0 Å². The highest BCUT2D eigenvalue weighted by Crippen LogP contribution is 2.19. The lowest BCUT2D eigenvalue weighted by molar-refractivity contribution is 0.303. The minimum Gasteiger partial charge on any atom is -0.497 e. The lowest BCUT2D eigenvalue weighted by Gasteiger charge is -2.32. The number of hydrogen-bond donors (Lipinski definition) is 2. The Morgan fingerprint density at radius 1 is 1.28 bits per heavy atom. The Morgan fingerprint density at radius 2 is 2.00 bits per heavy atom. The van der Waals surface area contributed by atoms with Crippen molar-refractivity contribution in [2.75, 3.05) is 46.2 Å². The summed E-state index contributed by atoms with van der Waals surface area (Å²) in [6.45, 7) is 4.33. The van der Waals surface area contributed by atoms with Crippen molar-refractivity contribution in [1.29, 1.82) is 0 Å². The maximum Gasteiger partial charge on any atom is 0.214 e. The fraction of sp³-hybridized carbons (Fsp3) is 0.650. The number of nitrogens with one attached hydrogen (secondary N) is 2. The van der Waals surface area contributed by atoms with E-state index in [2.05, 4.69) is 15.6 Å². The molecular formula is C20H34N4O4S. The van der Waals surface area contributed by atoms with E-state index in [1.165, 1.54) is 0 Å². The first-order chi connectivity index (χ1) is 14.0. The van der Waals surface area contributed by atoms with Crippen LogP contribution in [0.15, 0.2) is 29.3 Å². The van der Waals surface area contributed by atoms with Crippen molar-refractivity contribution >= 4 is 16.0 Å². The van der Waals surface area contributed by atoms with Gasteiger partial charge < -0.3 is 20.1 Å². The van der Waals surface area contributed by atoms with Crippen molar-refractivity contribution in [1.82, 2.24) is 14.9 Å². The Bertz CT molecular complexity index is 747. The van der Waals surface area contributed by atoms with Crippen LogP contribution in [0.5, 0.6) is 11.5 Å². The third kappa shape index (κ3) is 7.74. The molecule has 9 heteroatoms. The number of methoxy groups -OCH3 is 1. The maximum absolute atomic E-state index is 12.2. The summed E-state index contributed by atoms with van der Waals surface area (Å²) in [5.74, 6) is 2.53. The predicted molar refractivity (Wildman–Crippen MR) is 116 cm³/mol. The summed E-state index contributed by atoms with van der Waals surface area (Å²) in [4.78, 5) is 4.26. The van der Waals surface area contributed by atoms with Crippen LogP contribution in [0.4, 0.5) is 0 Å². The van der Waals surface area contributed by atoms with E-state index in [0.29, 0.717) is 26.1 Å². The first-order valence-corrected chi connectivity index (χ1v) is 11.8. The van der Waals surface area contributed by atoms with Gasteiger partial charge in [0, 0.05) is 38.8 Å². The molecule has 29 heavy (non-hydrogen) atoms. The van der Waals surface area contributed by atoms with Crippen LogP contribution in [0, 0.1) is 0 Å². The van der Waals surface area contributed by atoms with Crippen LogP contribution in [0.2, 0.25) is 0 Å². The van der Waals surface area contributed by atoms with Gasteiger partial charge in [0.15, 0.2) is 5.96 Å². The van der Waals surface area contributed by atoms with Gasteiger partial charge in [0.1, 0.15) is 11.5 Å². The molecule has 0 saturated carbocycles. The van der Waals surface area contributed by atoms with Gasteiger partial charge >= 0.3 is 0 Å². The lowest BCUT2D eigenvalue weighted by atomic mass is 10.1. The minimum atomic E-state index is -3.10. The van der Waals surface area contributed by atoms with Crippen LogP contribution in [-0.2, 0) is 10.0 Å². The molecule has 2 N–H and O–H groups in total. The topological polar surface area (TPSA) is 92.3 Å². The van der Waals surface area contributed by atoms with E-state index < -0.39 is 10.0 Å². The molecule has 2 rings (SSSR count). The van der Waals surface area contributed by atoms with E-state index in [4.69, 9.17) is 9.47 Å². The van der Waals surface area contributed by atoms with Crippen molar-refractivity contribution in [2.24, 2.45) is 4.99 Å². The summed E-state index contributed by atoms with van der Waals surface area (Å²) in [7, 11) is 0.273. The Morgan fingerprint density at radius 3 is 2.66 bits per heavy atom. The van der Waals surface area contributed by atoms with E-state index in [1.54, 1.807) is 18.5 Å². The second-order valence-corrected chi connectivity index (χ2v) is 9.10. The second-order valence-electron chi connectivity index (χ2n) is 7.01. The number of aliphatic imine (C=N–C) groups is 1. The fourth-order valence-corrected chi connectivity index (χ4v) is 4.75. The number of hydrogen-bond acceptors (Lipinski definition) is 5. The summed E-state index contributed by atoms with van der Waals surface area (Å²) >= 11 is 0. The fourth-order valence-electron chi connectivity index (χ4n) is 3.21. The molecule has 0 radical (unpaired) electrons. The zero-order chi connectivity index (χ0) is 21.1. The average Bonchev–Trinajstić information content (AvgIpc) is 2.73. The van der Waals surface area contributed by atoms with Crippen LogP contribution in [0.3, 0.4) is 0 Å². The first kappa shape index (κ1) is 23.3. The third-order valence-electron chi connectivity index (χ3n) is 4.80. The number of ether oxygens (including phenoxy) is 2. The summed E-state index contributed by atoms with van der Waals surface area (Å²) in [6, 6.07) is 7.78. The number of piperidine rings is 1.